The van der Waals surface area contributed by atoms with Crippen molar-refractivity contribution in [2.45, 2.75) is 76.7 Å². The van der Waals surface area contributed by atoms with Crippen LogP contribution < -0.4 is 0 Å². The van der Waals surface area contributed by atoms with Crippen molar-refractivity contribution < 1.29 is 5.11 Å². The number of nitrogens with zero attached hydrogens (tertiary/aromatic N) is 1. The molecule has 19 heavy (non-hydrogen) atoms. The molecule has 3 heteroatoms. The van der Waals surface area contributed by atoms with E-state index in [9.17, 15) is 0 Å². The highest BCUT2D eigenvalue weighted by atomic mass is 79.9. The SMILES string of the molecule is OCCCN(CCCCCCCCCBr)C1CCC1. The first kappa shape index (κ1) is 17.5. The Morgan fingerprint density at radius 2 is 1.42 bits per heavy atom. The second kappa shape index (κ2) is 12.2. The van der Waals surface area contributed by atoms with Crippen LogP contribution in [0.3, 0.4) is 0 Å². The fraction of sp³-hybridized carbons (Fsp3) is 1.00. The van der Waals surface area contributed by atoms with Gasteiger partial charge < -0.3 is 10.0 Å². The van der Waals surface area contributed by atoms with Crippen LogP contribution in [0.15, 0.2) is 0 Å². The third-order valence-corrected chi connectivity index (χ3v) is 4.83. The molecule has 0 spiro atoms. The van der Waals surface area contributed by atoms with Gasteiger partial charge in [0.25, 0.3) is 0 Å². The van der Waals surface area contributed by atoms with Gasteiger partial charge in [-0.05, 0) is 38.6 Å². The zero-order valence-electron chi connectivity index (χ0n) is 12.5. The number of halogens is 1. The molecule has 0 bridgehead atoms. The Bertz CT molecular complexity index is 197. The number of aliphatic hydroxyl groups excluding tert-OH is 1. The summed E-state index contributed by atoms with van der Waals surface area (Å²) in [5.41, 5.74) is 0. The van der Waals surface area contributed by atoms with E-state index in [0.717, 1.165) is 24.3 Å². The molecule has 0 saturated heterocycles. The molecule has 0 aromatic rings. The Morgan fingerprint density at radius 1 is 0.842 bits per heavy atom. The monoisotopic (exact) mass is 333 g/mol. The van der Waals surface area contributed by atoms with E-state index >= 15 is 0 Å². The summed E-state index contributed by atoms with van der Waals surface area (Å²) in [7, 11) is 0. The minimum Gasteiger partial charge on any atom is -0.396 e. The number of hydrogen-bond acceptors (Lipinski definition) is 2. The van der Waals surface area contributed by atoms with E-state index in [1.54, 1.807) is 0 Å². The largest absolute Gasteiger partial charge is 0.396 e. The highest BCUT2D eigenvalue weighted by molar-refractivity contribution is 9.09. The van der Waals surface area contributed by atoms with Crippen LogP contribution in [0, 0.1) is 0 Å². The summed E-state index contributed by atoms with van der Waals surface area (Å²) in [6, 6.07) is 0.838. The molecular formula is C16H32BrNO. The number of unbranched alkanes of at least 4 members (excludes halogenated alkanes) is 6. The Labute approximate surface area is 128 Å². The summed E-state index contributed by atoms with van der Waals surface area (Å²) in [5, 5.41) is 10.1. The number of hydrogen-bond donors (Lipinski definition) is 1. The van der Waals surface area contributed by atoms with Crippen molar-refractivity contribution >= 4 is 15.9 Å². The first-order valence-corrected chi connectivity index (χ1v) is 9.41. The van der Waals surface area contributed by atoms with Gasteiger partial charge in [0.1, 0.15) is 0 Å². The predicted octanol–water partition coefficient (Wildman–Crippen LogP) is 4.35. The molecule has 0 atom stereocenters. The second-order valence-electron chi connectivity index (χ2n) is 5.86. The number of rotatable bonds is 13. The van der Waals surface area contributed by atoms with Gasteiger partial charge in [0.15, 0.2) is 0 Å². The molecule has 1 aliphatic carbocycles. The van der Waals surface area contributed by atoms with Gasteiger partial charge >= 0.3 is 0 Å². The van der Waals surface area contributed by atoms with Crippen LogP contribution in [-0.2, 0) is 0 Å². The van der Waals surface area contributed by atoms with Crippen LogP contribution >= 0.6 is 15.9 Å². The lowest BCUT2D eigenvalue weighted by Gasteiger charge is -2.37. The van der Waals surface area contributed by atoms with Crippen molar-refractivity contribution in [2.24, 2.45) is 0 Å². The highest BCUT2D eigenvalue weighted by Crippen LogP contribution is 2.25. The molecule has 1 rings (SSSR count). The number of aliphatic hydroxyl groups is 1. The normalized spacial score (nSPS) is 15.9. The maximum absolute atomic E-state index is 8.97. The maximum Gasteiger partial charge on any atom is 0.0443 e. The Kier molecular flexibility index (Phi) is 11.2. The molecule has 1 saturated carbocycles. The Balaban J connectivity index is 1.95. The van der Waals surface area contributed by atoms with E-state index in [2.05, 4.69) is 20.8 Å². The van der Waals surface area contributed by atoms with Crippen molar-refractivity contribution in [1.29, 1.82) is 0 Å². The fourth-order valence-electron chi connectivity index (χ4n) is 2.80. The molecule has 1 aliphatic rings. The third kappa shape index (κ3) is 8.31. The topological polar surface area (TPSA) is 23.5 Å². The summed E-state index contributed by atoms with van der Waals surface area (Å²) in [5.74, 6) is 0. The lowest BCUT2D eigenvalue weighted by atomic mass is 9.91. The van der Waals surface area contributed by atoms with Gasteiger partial charge in [0.05, 0.1) is 0 Å². The van der Waals surface area contributed by atoms with Crippen LogP contribution in [0.25, 0.3) is 0 Å². The lowest BCUT2D eigenvalue weighted by Crippen LogP contribution is -2.41. The predicted molar refractivity (Wildman–Crippen MR) is 87.0 cm³/mol. The van der Waals surface area contributed by atoms with Crippen molar-refractivity contribution in [2.75, 3.05) is 25.0 Å². The van der Waals surface area contributed by atoms with Gasteiger partial charge in [-0.2, -0.15) is 0 Å². The standard InChI is InChI=1S/C16H32BrNO/c17-12-6-4-2-1-3-5-7-13-18(14-9-15-19)16-10-8-11-16/h16,19H,1-15H2. The summed E-state index contributed by atoms with van der Waals surface area (Å²) < 4.78 is 0. The quantitative estimate of drug-likeness (QED) is 0.400. The van der Waals surface area contributed by atoms with Crippen molar-refractivity contribution in [1.82, 2.24) is 4.90 Å². The first-order chi connectivity index (χ1) is 9.38. The van der Waals surface area contributed by atoms with Gasteiger partial charge in [0, 0.05) is 24.5 Å². The van der Waals surface area contributed by atoms with Gasteiger partial charge in [-0.15, -0.1) is 0 Å². The molecule has 0 amide bonds. The molecule has 2 nitrogen and oxygen atoms in total. The van der Waals surface area contributed by atoms with Gasteiger partial charge in [-0.1, -0.05) is 54.5 Å². The maximum atomic E-state index is 8.97. The smallest absolute Gasteiger partial charge is 0.0443 e. The van der Waals surface area contributed by atoms with Crippen LogP contribution in [0.5, 0.6) is 0 Å². The summed E-state index contributed by atoms with van der Waals surface area (Å²) in [6.45, 7) is 2.70. The van der Waals surface area contributed by atoms with Crippen LogP contribution in [0.1, 0.15) is 70.6 Å². The van der Waals surface area contributed by atoms with E-state index in [1.807, 2.05) is 0 Å². The molecule has 0 aromatic heterocycles. The molecule has 0 aliphatic heterocycles. The zero-order chi connectivity index (χ0) is 13.8. The fourth-order valence-corrected chi connectivity index (χ4v) is 3.19. The minimum absolute atomic E-state index is 0.344. The van der Waals surface area contributed by atoms with Gasteiger partial charge in [-0.3, -0.25) is 0 Å². The van der Waals surface area contributed by atoms with Crippen LogP contribution in [0.2, 0.25) is 0 Å². The molecule has 0 heterocycles. The van der Waals surface area contributed by atoms with E-state index < -0.39 is 0 Å². The third-order valence-electron chi connectivity index (χ3n) is 4.27. The molecule has 1 fully saturated rings. The average Bonchev–Trinajstić information content (AvgIpc) is 2.36. The lowest BCUT2D eigenvalue weighted by molar-refractivity contribution is 0.114. The van der Waals surface area contributed by atoms with Gasteiger partial charge in [-0.25, -0.2) is 0 Å². The first-order valence-electron chi connectivity index (χ1n) is 8.29. The molecule has 0 unspecified atom stereocenters. The Morgan fingerprint density at radius 3 is 1.95 bits per heavy atom. The molecular weight excluding hydrogens is 302 g/mol. The summed E-state index contributed by atoms with van der Waals surface area (Å²) >= 11 is 3.48. The van der Waals surface area contributed by atoms with E-state index in [1.165, 1.54) is 70.8 Å². The van der Waals surface area contributed by atoms with Crippen LogP contribution in [0.4, 0.5) is 0 Å². The molecule has 114 valence electrons. The van der Waals surface area contributed by atoms with Crippen molar-refractivity contribution in [3.05, 3.63) is 0 Å². The Hall–Kier alpha value is 0.400. The van der Waals surface area contributed by atoms with Crippen LogP contribution in [-0.4, -0.2) is 41.1 Å². The highest BCUT2D eigenvalue weighted by Gasteiger charge is 2.23. The molecule has 0 aromatic carbocycles. The zero-order valence-corrected chi connectivity index (χ0v) is 14.0. The van der Waals surface area contributed by atoms with Crippen molar-refractivity contribution in [3.8, 4) is 0 Å². The minimum atomic E-state index is 0.344. The molecule has 0 radical (unpaired) electrons. The molecule has 1 N–H and O–H groups in total. The van der Waals surface area contributed by atoms with Crippen molar-refractivity contribution in [3.63, 3.8) is 0 Å². The van der Waals surface area contributed by atoms with E-state index in [0.29, 0.717) is 6.61 Å². The summed E-state index contributed by atoms with van der Waals surface area (Å²) in [6.07, 6.45) is 14.8. The second-order valence-corrected chi connectivity index (χ2v) is 6.65. The average molecular weight is 334 g/mol. The van der Waals surface area contributed by atoms with Gasteiger partial charge in [0.2, 0.25) is 0 Å². The number of alkyl halides is 1. The summed E-state index contributed by atoms with van der Waals surface area (Å²) in [4.78, 5) is 2.63. The van der Waals surface area contributed by atoms with E-state index in [4.69, 9.17) is 5.11 Å². The van der Waals surface area contributed by atoms with E-state index in [-0.39, 0.29) is 0 Å².